The number of hydrogen-bond acceptors (Lipinski definition) is 6. The zero-order valence-electron chi connectivity index (χ0n) is 11.4. The molecule has 0 saturated heterocycles. The molecule has 1 N–H and O–H groups in total. The molecule has 1 rings (SSSR count). The van der Waals surface area contributed by atoms with Gasteiger partial charge >= 0.3 is 0 Å². The van der Waals surface area contributed by atoms with E-state index < -0.39 is 0 Å². The Labute approximate surface area is 108 Å². The van der Waals surface area contributed by atoms with Crippen molar-refractivity contribution < 1.29 is 14.0 Å². The highest BCUT2D eigenvalue weighted by atomic mass is 16.5. The van der Waals surface area contributed by atoms with Crippen LogP contribution >= 0.6 is 0 Å². The summed E-state index contributed by atoms with van der Waals surface area (Å²) in [7, 11) is 3.38. The molecule has 0 bridgehead atoms. The number of aryl methyl sites for hydroxylation is 1. The molecule has 104 valence electrons. The third-order valence-electron chi connectivity index (χ3n) is 2.54. The van der Waals surface area contributed by atoms with Crippen LogP contribution in [-0.2, 0) is 22.3 Å². The maximum absolute atomic E-state index is 5.22. The van der Waals surface area contributed by atoms with Crippen LogP contribution in [0.5, 0.6) is 0 Å². The summed E-state index contributed by atoms with van der Waals surface area (Å²) >= 11 is 0. The van der Waals surface area contributed by atoms with Crippen LogP contribution in [0.4, 0.5) is 0 Å². The Morgan fingerprint density at radius 3 is 2.83 bits per heavy atom. The van der Waals surface area contributed by atoms with E-state index in [4.69, 9.17) is 14.0 Å². The highest BCUT2D eigenvalue weighted by Gasteiger charge is 2.13. The van der Waals surface area contributed by atoms with Gasteiger partial charge in [-0.3, -0.25) is 0 Å². The Kier molecular flexibility index (Phi) is 7.55. The topological polar surface area (TPSA) is 69.4 Å². The molecule has 0 fully saturated rings. The van der Waals surface area contributed by atoms with Crippen LogP contribution in [-0.4, -0.2) is 50.2 Å². The lowest BCUT2D eigenvalue weighted by Crippen LogP contribution is -2.35. The summed E-state index contributed by atoms with van der Waals surface area (Å²) in [6.45, 7) is 4.30. The predicted octanol–water partition coefficient (Wildman–Crippen LogP) is 0.816. The van der Waals surface area contributed by atoms with Gasteiger partial charge in [-0.1, -0.05) is 12.1 Å². The minimum absolute atomic E-state index is 0.215. The van der Waals surface area contributed by atoms with Gasteiger partial charge in [0.1, 0.15) is 0 Å². The monoisotopic (exact) mass is 257 g/mol. The second-order valence-corrected chi connectivity index (χ2v) is 4.11. The fraction of sp³-hybridized carbons (Fsp3) is 0.833. The lowest BCUT2D eigenvalue weighted by Gasteiger charge is -2.14. The number of likely N-dealkylation sites (N-methyl/N-ethyl adjacent to an activating group) is 1. The largest absolute Gasteiger partial charge is 0.385 e. The standard InChI is InChI=1S/C12H23N3O3/c1-4-13-10(9-17-3)8-12-14-11(15-18-12)6-5-7-16-2/h10,13H,4-9H2,1-3H3. The van der Waals surface area contributed by atoms with Gasteiger partial charge in [-0.15, -0.1) is 0 Å². The summed E-state index contributed by atoms with van der Waals surface area (Å²) in [5.41, 5.74) is 0. The normalized spacial score (nSPS) is 12.8. The van der Waals surface area contributed by atoms with Crippen LogP contribution in [0.3, 0.4) is 0 Å². The second-order valence-electron chi connectivity index (χ2n) is 4.11. The molecule has 0 spiro atoms. The van der Waals surface area contributed by atoms with Gasteiger partial charge in [-0.2, -0.15) is 4.98 Å². The number of methoxy groups -OCH3 is 2. The minimum Gasteiger partial charge on any atom is -0.385 e. The zero-order valence-corrected chi connectivity index (χ0v) is 11.4. The van der Waals surface area contributed by atoms with Crippen LogP contribution < -0.4 is 5.32 Å². The van der Waals surface area contributed by atoms with Gasteiger partial charge in [-0.05, 0) is 13.0 Å². The van der Waals surface area contributed by atoms with Crippen molar-refractivity contribution in [3.63, 3.8) is 0 Å². The third kappa shape index (κ3) is 5.57. The molecule has 0 amide bonds. The molecule has 1 aromatic heterocycles. The third-order valence-corrected chi connectivity index (χ3v) is 2.54. The molecule has 0 aliphatic rings. The maximum Gasteiger partial charge on any atom is 0.228 e. The van der Waals surface area contributed by atoms with Crippen LogP contribution in [0, 0.1) is 0 Å². The molecule has 0 radical (unpaired) electrons. The lowest BCUT2D eigenvalue weighted by atomic mass is 10.2. The Hall–Kier alpha value is -0.980. The number of hydrogen-bond donors (Lipinski definition) is 1. The van der Waals surface area contributed by atoms with E-state index in [-0.39, 0.29) is 6.04 Å². The summed E-state index contributed by atoms with van der Waals surface area (Å²) in [5, 5.41) is 7.27. The molecular formula is C12H23N3O3. The summed E-state index contributed by atoms with van der Waals surface area (Å²) in [5.74, 6) is 1.40. The predicted molar refractivity (Wildman–Crippen MR) is 67.5 cm³/mol. The van der Waals surface area contributed by atoms with Crippen molar-refractivity contribution in [2.75, 3.05) is 34.0 Å². The van der Waals surface area contributed by atoms with Crippen molar-refractivity contribution in [2.24, 2.45) is 0 Å². The Bertz CT molecular complexity index is 311. The molecule has 18 heavy (non-hydrogen) atoms. The van der Waals surface area contributed by atoms with Gasteiger partial charge in [0.25, 0.3) is 0 Å². The number of nitrogens with one attached hydrogen (secondary N) is 1. The highest BCUT2D eigenvalue weighted by Crippen LogP contribution is 2.04. The second kappa shape index (κ2) is 9.02. The van der Waals surface area contributed by atoms with E-state index in [1.807, 2.05) is 0 Å². The number of aromatic nitrogens is 2. The molecule has 1 atom stereocenters. The molecule has 0 saturated carbocycles. The Morgan fingerprint density at radius 1 is 1.33 bits per heavy atom. The summed E-state index contributed by atoms with van der Waals surface area (Å²) in [4.78, 5) is 4.36. The highest BCUT2D eigenvalue weighted by molar-refractivity contribution is 4.89. The van der Waals surface area contributed by atoms with Crippen LogP contribution in [0.2, 0.25) is 0 Å². The summed E-state index contributed by atoms with van der Waals surface area (Å²) < 4.78 is 15.4. The van der Waals surface area contributed by atoms with E-state index in [0.29, 0.717) is 25.5 Å². The van der Waals surface area contributed by atoms with Crippen molar-refractivity contribution >= 4 is 0 Å². The lowest BCUT2D eigenvalue weighted by molar-refractivity contribution is 0.162. The smallest absolute Gasteiger partial charge is 0.228 e. The summed E-state index contributed by atoms with van der Waals surface area (Å²) in [6.07, 6.45) is 2.39. The van der Waals surface area contributed by atoms with E-state index >= 15 is 0 Å². The van der Waals surface area contributed by atoms with E-state index in [1.54, 1.807) is 14.2 Å². The Morgan fingerprint density at radius 2 is 2.17 bits per heavy atom. The average Bonchev–Trinajstić information content (AvgIpc) is 2.78. The van der Waals surface area contributed by atoms with E-state index in [0.717, 1.165) is 25.2 Å². The van der Waals surface area contributed by atoms with Crippen molar-refractivity contribution in [1.29, 1.82) is 0 Å². The van der Waals surface area contributed by atoms with E-state index in [9.17, 15) is 0 Å². The van der Waals surface area contributed by atoms with E-state index in [2.05, 4.69) is 22.4 Å². The molecule has 0 aliphatic carbocycles. The fourth-order valence-corrected chi connectivity index (χ4v) is 1.74. The number of nitrogens with zero attached hydrogens (tertiary/aromatic N) is 2. The van der Waals surface area contributed by atoms with Crippen molar-refractivity contribution in [1.82, 2.24) is 15.5 Å². The number of ether oxygens (including phenoxy) is 2. The van der Waals surface area contributed by atoms with Crippen molar-refractivity contribution in [3.8, 4) is 0 Å². The zero-order chi connectivity index (χ0) is 13.2. The molecule has 0 aliphatic heterocycles. The summed E-state index contributed by atoms with van der Waals surface area (Å²) in [6, 6.07) is 0.215. The van der Waals surface area contributed by atoms with Gasteiger partial charge in [0, 0.05) is 39.7 Å². The quantitative estimate of drug-likeness (QED) is 0.626. The van der Waals surface area contributed by atoms with Gasteiger partial charge in [0.05, 0.1) is 6.61 Å². The first kappa shape index (κ1) is 15.1. The number of rotatable bonds is 10. The minimum atomic E-state index is 0.215. The molecule has 0 aromatic carbocycles. The Balaban J connectivity index is 2.40. The first-order valence-corrected chi connectivity index (χ1v) is 6.32. The van der Waals surface area contributed by atoms with Crippen molar-refractivity contribution in [2.45, 2.75) is 32.2 Å². The first-order chi connectivity index (χ1) is 8.80. The fourth-order valence-electron chi connectivity index (χ4n) is 1.74. The van der Waals surface area contributed by atoms with Gasteiger partial charge in [-0.25, -0.2) is 0 Å². The van der Waals surface area contributed by atoms with E-state index in [1.165, 1.54) is 0 Å². The molecule has 1 unspecified atom stereocenters. The van der Waals surface area contributed by atoms with Crippen LogP contribution in [0.25, 0.3) is 0 Å². The van der Waals surface area contributed by atoms with Gasteiger partial charge in [0.2, 0.25) is 5.89 Å². The molecule has 1 aromatic rings. The first-order valence-electron chi connectivity index (χ1n) is 6.32. The van der Waals surface area contributed by atoms with Gasteiger partial charge in [0.15, 0.2) is 5.82 Å². The molecule has 6 nitrogen and oxygen atoms in total. The SMILES string of the molecule is CCNC(COC)Cc1nc(CCCOC)no1. The maximum atomic E-state index is 5.22. The van der Waals surface area contributed by atoms with Crippen molar-refractivity contribution in [3.05, 3.63) is 11.7 Å². The molecule has 1 heterocycles. The van der Waals surface area contributed by atoms with Crippen LogP contribution in [0.15, 0.2) is 4.52 Å². The van der Waals surface area contributed by atoms with Gasteiger partial charge < -0.3 is 19.3 Å². The average molecular weight is 257 g/mol. The van der Waals surface area contributed by atoms with Crippen LogP contribution in [0.1, 0.15) is 25.1 Å². The molecular weight excluding hydrogens is 234 g/mol. The molecule has 6 heteroatoms.